The largest absolute Gasteiger partial charge is 0.373 e. The summed E-state index contributed by atoms with van der Waals surface area (Å²) in [5.41, 5.74) is 1.07. The first-order valence-electron chi connectivity index (χ1n) is 6.04. The van der Waals surface area contributed by atoms with E-state index >= 15 is 0 Å². The number of hydrogen-bond acceptors (Lipinski definition) is 5. The zero-order valence-electron chi connectivity index (χ0n) is 11.3. The fraction of sp³-hybridized carbons (Fsp3) is 0.308. The Morgan fingerprint density at radius 3 is 2.70 bits per heavy atom. The monoisotopic (exact) mass is 279 g/mol. The zero-order chi connectivity index (χ0) is 14.9. The molecule has 1 aromatic heterocycles. The molecule has 2 aromatic rings. The average molecular weight is 279 g/mol. The number of anilines is 1. The molecule has 0 bridgehead atoms. The van der Waals surface area contributed by atoms with Crippen LogP contribution in [0.25, 0.3) is 0 Å². The summed E-state index contributed by atoms with van der Waals surface area (Å²) in [4.78, 5) is 10.2. The highest BCUT2D eigenvalue weighted by molar-refractivity contribution is 5.63. The van der Waals surface area contributed by atoms with E-state index in [0.717, 1.165) is 11.6 Å². The molecule has 1 N–H and O–H groups in total. The molecule has 0 amide bonds. The molecule has 1 unspecified atom stereocenters. The SMILES string of the molecule is Cc1noc(C)c1C(C)Nc1cccc(F)c1[N+](=O)[O-]. The maximum Gasteiger partial charge on any atom is 0.327 e. The van der Waals surface area contributed by atoms with E-state index < -0.39 is 16.4 Å². The molecule has 1 heterocycles. The second-order valence-corrected chi connectivity index (χ2v) is 4.50. The smallest absolute Gasteiger partial charge is 0.327 e. The van der Waals surface area contributed by atoms with Gasteiger partial charge in [-0.3, -0.25) is 10.1 Å². The summed E-state index contributed by atoms with van der Waals surface area (Å²) in [5.74, 6) is -0.243. The predicted molar refractivity (Wildman–Crippen MR) is 71.1 cm³/mol. The summed E-state index contributed by atoms with van der Waals surface area (Å²) >= 11 is 0. The van der Waals surface area contributed by atoms with E-state index in [1.165, 1.54) is 12.1 Å². The van der Waals surface area contributed by atoms with Gasteiger partial charge >= 0.3 is 5.69 Å². The van der Waals surface area contributed by atoms with Crippen molar-refractivity contribution in [1.29, 1.82) is 0 Å². The van der Waals surface area contributed by atoms with Crippen LogP contribution in [0.4, 0.5) is 15.8 Å². The van der Waals surface area contributed by atoms with Gasteiger partial charge in [-0.25, -0.2) is 0 Å². The van der Waals surface area contributed by atoms with Crippen molar-refractivity contribution in [2.45, 2.75) is 26.8 Å². The number of aromatic nitrogens is 1. The molecule has 20 heavy (non-hydrogen) atoms. The van der Waals surface area contributed by atoms with E-state index in [1.54, 1.807) is 20.8 Å². The number of nitrogens with zero attached hydrogens (tertiary/aromatic N) is 2. The first kappa shape index (κ1) is 14.0. The van der Waals surface area contributed by atoms with E-state index in [1.807, 2.05) is 0 Å². The second-order valence-electron chi connectivity index (χ2n) is 4.50. The van der Waals surface area contributed by atoms with Gasteiger partial charge in [0.2, 0.25) is 5.82 Å². The first-order chi connectivity index (χ1) is 9.41. The molecule has 6 nitrogen and oxygen atoms in total. The molecule has 106 valence electrons. The van der Waals surface area contributed by atoms with Crippen LogP contribution in [-0.2, 0) is 0 Å². The van der Waals surface area contributed by atoms with Crippen molar-refractivity contribution >= 4 is 11.4 Å². The minimum atomic E-state index is -0.869. The van der Waals surface area contributed by atoms with Gasteiger partial charge < -0.3 is 9.84 Å². The van der Waals surface area contributed by atoms with Crippen molar-refractivity contribution in [3.8, 4) is 0 Å². The second kappa shape index (κ2) is 5.28. The van der Waals surface area contributed by atoms with Gasteiger partial charge in [0.1, 0.15) is 11.4 Å². The molecule has 0 radical (unpaired) electrons. The van der Waals surface area contributed by atoms with Gasteiger partial charge in [0, 0.05) is 5.56 Å². The predicted octanol–water partition coefficient (Wildman–Crippen LogP) is 3.51. The van der Waals surface area contributed by atoms with E-state index in [9.17, 15) is 14.5 Å². The van der Waals surface area contributed by atoms with Gasteiger partial charge in [-0.05, 0) is 32.9 Å². The molecule has 1 atom stereocenters. The van der Waals surface area contributed by atoms with Crippen LogP contribution in [0.1, 0.15) is 30.0 Å². The summed E-state index contributed by atoms with van der Waals surface area (Å²) in [6, 6.07) is 3.66. The van der Waals surface area contributed by atoms with Gasteiger partial charge in [-0.2, -0.15) is 4.39 Å². The molecule has 7 heteroatoms. The lowest BCUT2D eigenvalue weighted by atomic mass is 10.1. The molecular formula is C13H14FN3O3. The Balaban J connectivity index is 2.36. The number of rotatable bonds is 4. The Labute approximate surface area is 114 Å². The van der Waals surface area contributed by atoms with Crippen molar-refractivity contribution < 1.29 is 13.8 Å². The fourth-order valence-electron chi connectivity index (χ4n) is 2.23. The van der Waals surface area contributed by atoms with Crippen LogP contribution in [0.5, 0.6) is 0 Å². The van der Waals surface area contributed by atoms with Crippen LogP contribution in [0, 0.1) is 29.8 Å². The van der Waals surface area contributed by atoms with Crippen LogP contribution in [-0.4, -0.2) is 10.1 Å². The lowest BCUT2D eigenvalue weighted by molar-refractivity contribution is -0.386. The number of hydrogen-bond donors (Lipinski definition) is 1. The molecule has 0 aliphatic carbocycles. The number of nitrogens with one attached hydrogen (secondary N) is 1. The third kappa shape index (κ3) is 2.47. The number of benzene rings is 1. The highest BCUT2D eigenvalue weighted by Gasteiger charge is 2.23. The van der Waals surface area contributed by atoms with Gasteiger partial charge in [-0.1, -0.05) is 11.2 Å². The maximum atomic E-state index is 13.5. The number of nitro groups is 1. The minimum absolute atomic E-state index is 0.127. The molecule has 0 fully saturated rings. The quantitative estimate of drug-likeness (QED) is 0.684. The Morgan fingerprint density at radius 1 is 1.45 bits per heavy atom. The number of halogens is 1. The van der Waals surface area contributed by atoms with E-state index in [0.29, 0.717) is 11.5 Å². The molecule has 0 saturated carbocycles. The van der Waals surface area contributed by atoms with Crippen LogP contribution in [0.15, 0.2) is 22.7 Å². The summed E-state index contributed by atoms with van der Waals surface area (Å²) in [6.45, 7) is 5.35. The molecule has 0 aliphatic rings. The summed E-state index contributed by atoms with van der Waals surface area (Å²) in [7, 11) is 0. The molecule has 0 saturated heterocycles. The summed E-state index contributed by atoms with van der Waals surface area (Å²) < 4.78 is 18.6. The van der Waals surface area contributed by atoms with Crippen molar-refractivity contribution in [3.05, 3.63) is 51.1 Å². The number of para-hydroxylation sites is 1. The van der Waals surface area contributed by atoms with E-state index in [-0.39, 0.29) is 11.7 Å². The number of nitro benzene ring substituents is 1. The molecule has 1 aromatic carbocycles. The summed E-state index contributed by atoms with van der Waals surface area (Å²) in [6.07, 6.45) is 0. The van der Waals surface area contributed by atoms with Gasteiger partial charge in [0.05, 0.1) is 16.7 Å². The van der Waals surface area contributed by atoms with Gasteiger partial charge in [0.25, 0.3) is 0 Å². The standard InChI is InChI=1S/C13H14FN3O3/c1-7(12-8(2)16-20-9(12)3)15-11-6-4-5-10(14)13(11)17(18)19/h4-7,15H,1-3H3. The molecule has 0 aliphatic heterocycles. The fourth-order valence-corrected chi connectivity index (χ4v) is 2.23. The van der Waals surface area contributed by atoms with Crippen LogP contribution in [0.3, 0.4) is 0 Å². The highest BCUT2D eigenvalue weighted by atomic mass is 19.1. The third-order valence-corrected chi connectivity index (χ3v) is 3.06. The Hall–Kier alpha value is -2.44. The van der Waals surface area contributed by atoms with E-state index in [2.05, 4.69) is 10.5 Å². The Bertz CT molecular complexity index is 635. The van der Waals surface area contributed by atoms with Crippen molar-refractivity contribution in [1.82, 2.24) is 5.16 Å². The first-order valence-corrected chi connectivity index (χ1v) is 6.04. The van der Waals surface area contributed by atoms with Crippen molar-refractivity contribution in [2.75, 3.05) is 5.32 Å². The Morgan fingerprint density at radius 2 is 2.15 bits per heavy atom. The topological polar surface area (TPSA) is 81.2 Å². The van der Waals surface area contributed by atoms with Crippen LogP contribution >= 0.6 is 0 Å². The minimum Gasteiger partial charge on any atom is -0.373 e. The molecular weight excluding hydrogens is 265 g/mol. The Kier molecular flexibility index (Phi) is 3.69. The maximum absolute atomic E-state index is 13.5. The van der Waals surface area contributed by atoms with Crippen LogP contribution in [0.2, 0.25) is 0 Å². The highest BCUT2D eigenvalue weighted by Crippen LogP contribution is 2.31. The lowest BCUT2D eigenvalue weighted by Gasteiger charge is -2.15. The zero-order valence-corrected chi connectivity index (χ0v) is 11.3. The molecule has 0 spiro atoms. The number of aryl methyl sites for hydroxylation is 2. The van der Waals surface area contributed by atoms with Crippen molar-refractivity contribution in [3.63, 3.8) is 0 Å². The van der Waals surface area contributed by atoms with Gasteiger partial charge in [-0.15, -0.1) is 0 Å². The normalized spacial score (nSPS) is 12.2. The molecule has 2 rings (SSSR count). The lowest BCUT2D eigenvalue weighted by Crippen LogP contribution is -2.10. The third-order valence-electron chi connectivity index (χ3n) is 3.06. The van der Waals surface area contributed by atoms with Crippen molar-refractivity contribution in [2.24, 2.45) is 0 Å². The summed E-state index contributed by atoms with van der Waals surface area (Å²) in [5, 5.41) is 17.7. The average Bonchev–Trinajstić information content (AvgIpc) is 2.68. The van der Waals surface area contributed by atoms with Crippen LogP contribution < -0.4 is 5.32 Å². The van der Waals surface area contributed by atoms with Gasteiger partial charge in [0.15, 0.2) is 0 Å². The van der Waals surface area contributed by atoms with E-state index in [4.69, 9.17) is 4.52 Å².